The minimum Gasteiger partial charge on any atom is -0.481 e. The smallest absolute Gasteiger partial charge is 0.323 e. The average Bonchev–Trinajstić information content (AvgIpc) is 2.31. The van der Waals surface area contributed by atoms with Crippen molar-refractivity contribution in [2.24, 2.45) is 5.73 Å². The van der Waals surface area contributed by atoms with Crippen LogP contribution in [0.3, 0.4) is 0 Å². The number of hydrogen-bond acceptors (Lipinski definition) is 3. The van der Waals surface area contributed by atoms with Crippen molar-refractivity contribution in [2.75, 3.05) is 6.54 Å². The number of aromatic nitrogens is 2. The lowest BCUT2D eigenvalue weighted by Crippen LogP contribution is -2.22. The van der Waals surface area contributed by atoms with Crippen LogP contribution in [-0.4, -0.2) is 27.6 Å². The van der Waals surface area contributed by atoms with Crippen LogP contribution in [0.25, 0.3) is 0 Å². The number of rotatable bonds is 3. The Hall–Kier alpha value is -1.08. The van der Waals surface area contributed by atoms with Gasteiger partial charge in [-0.25, -0.2) is 4.79 Å². The van der Waals surface area contributed by atoms with E-state index in [4.69, 9.17) is 10.8 Å². The van der Waals surface area contributed by atoms with Crippen LogP contribution < -0.4 is 11.4 Å². The first-order valence-corrected chi connectivity index (χ1v) is 4.26. The quantitative estimate of drug-likeness (QED) is 0.584. The molecule has 0 fully saturated rings. The van der Waals surface area contributed by atoms with E-state index in [1.807, 2.05) is 0 Å². The third kappa shape index (κ3) is 1.99. The molecule has 1 aromatic heterocycles. The summed E-state index contributed by atoms with van der Waals surface area (Å²) in [5.41, 5.74) is 5.05. The van der Waals surface area contributed by atoms with E-state index in [9.17, 15) is 9.59 Å². The first kappa shape index (κ1) is 10.0. The molecule has 1 aromatic rings. The lowest BCUT2D eigenvalue weighted by Gasteiger charge is -2.06. The van der Waals surface area contributed by atoms with Crippen molar-refractivity contribution in [2.45, 2.75) is 5.92 Å². The number of carbonyl (C=O) groups is 1. The largest absolute Gasteiger partial charge is 0.481 e. The van der Waals surface area contributed by atoms with E-state index in [2.05, 4.69) is 25.9 Å². The molecule has 1 atom stereocenters. The standard InChI is InChI=1S/C6H8BrN3O3/c7-4-3(9-6(13)10-4)2(1-8)5(11)12/h2H,1,8H2,(H,11,12)(H2,9,10,13). The van der Waals surface area contributed by atoms with Crippen LogP contribution in [0.15, 0.2) is 9.40 Å². The number of carboxylic acids is 1. The zero-order valence-electron chi connectivity index (χ0n) is 6.50. The van der Waals surface area contributed by atoms with Gasteiger partial charge in [-0.1, -0.05) is 0 Å². The molecular weight excluding hydrogens is 242 g/mol. The van der Waals surface area contributed by atoms with Crippen molar-refractivity contribution >= 4 is 21.9 Å². The Bertz CT molecular complexity index is 369. The lowest BCUT2D eigenvalue weighted by atomic mass is 10.1. The maximum absolute atomic E-state index is 10.8. The highest BCUT2D eigenvalue weighted by Crippen LogP contribution is 2.18. The summed E-state index contributed by atoms with van der Waals surface area (Å²) in [6.07, 6.45) is 0. The number of nitrogens with one attached hydrogen (secondary N) is 2. The van der Waals surface area contributed by atoms with Crippen LogP contribution >= 0.6 is 15.9 Å². The fraction of sp³-hybridized carbons (Fsp3) is 0.333. The number of aliphatic carboxylic acids is 1. The Morgan fingerprint density at radius 3 is 2.54 bits per heavy atom. The summed E-state index contributed by atoms with van der Waals surface area (Å²) in [5.74, 6) is -1.97. The molecule has 0 saturated carbocycles. The Balaban J connectivity index is 3.11. The van der Waals surface area contributed by atoms with E-state index in [-0.39, 0.29) is 12.2 Å². The second-order valence-electron chi connectivity index (χ2n) is 2.43. The van der Waals surface area contributed by atoms with Crippen LogP contribution in [0.5, 0.6) is 0 Å². The normalized spacial score (nSPS) is 12.8. The van der Waals surface area contributed by atoms with E-state index >= 15 is 0 Å². The van der Waals surface area contributed by atoms with Gasteiger partial charge in [-0.3, -0.25) is 4.79 Å². The van der Waals surface area contributed by atoms with Gasteiger partial charge in [0.05, 0.1) is 5.69 Å². The number of imidazole rings is 1. The summed E-state index contributed by atoms with van der Waals surface area (Å²) in [6, 6.07) is 0. The monoisotopic (exact) mass is 249 g/mol. The molecule has 6 nitrogen and oxygen atoms in total. The number of nitrogens with two attached hydrogens (primary N) is 1. The number of H-pyrrole nitrogens is 2. The zero-order valence-corrected chi connectivity index (χ0v) is 8.09. The van der Waals surface area contributed by atoms with E-state index in [0.717, 1.165) is 0 Å². The van der Waals surface area contributed by atoms with E-state index in [1.165, 1.54) is 0 Å². The molecule has 1 rings (SSSR count). The minimum absolute atomic E-state index is 0.0677. The molecule has 0 saturated heterocycles. The highest BCUT2D eigenvalue weighted by Gasteiger charge is 2.22. The SMILES string of the molecule is NCC(C(=O)O)c1[nH]c(=O)[nH]c1Br. The zero-order chi connectivity index (χ0) is 10.0. The van der Waals surface area contributed by atoms with Crippen molar-refractivity contribution < 1.29 is 9.90 Å². The van der Waals surface area contributed by atoms with Crippen LogP contribution in [-0.2, 0) is 4.79 Å². The van der Waals surface area contributed by atoms with Crippen LogP contribution in [0.4, 0.5) is 0 Å². The molecule has 0 spiro atoms. The van der Waals surface area contributed by atoms with Crippen molar-refractivity contribution in [1.29, 1.82) is 0 Å². The van der Waals surface area contributed by atoms with Gasteiger partial charge in [-0.2, -0.15) is 0 Å². The first-order valence-electron chi connectivity index (χ1n) is 3.46. The molecule has 0 aliphatic carbocycles. The van der Waals surface area contributed by atoms with Gasteiger partial charge in [0.25, 0.3) is 0 Å². The first-order chi connectivity index (χ1) is 6.06. The minimum atomic E-state index is -1.07. The van der Waals surface area contributed by atoms with Crippen molar-refractivity contribution in [1.82, 2.24) is 9.97 Å². The van der Waals surface area contributed by atoms with E-state index in [0.29, 0.717) is 4.60 Å². The molecule has 72 valence electrons. The van der Waals surface area contributed by atoms with Gasteiger partial charge in [-0.05, 0) is 15.9 Å². The van der Waals surface area contributed by atoms with Crippen LogP contribution in [0.1, 0.15) is 11.6 Å². The topological polar surface area (TPSA) is 112 Å². The highest BCUT2D eigenvalue weighted by molar-refractivity contribution is 9.10. The van der Waals surface area contributed by atoms with Crippen molar-refractivity contribution in [3.05, 3.63) is 20.8 Å². The fourth-order valence-electron chi connectivity index (χ4n) is 0.958. The molecule has 1 heterocycles. The summed E-state index contributed by atoms with van der Waals surface area (Å²) < 4.78 is 0.329. The second kappa shape index (κ2) is 3.75. The Morgan fingerprint density at radius 2 is 2.23 bits per heavy atom. The van der Waals surface area contributed by atoms with Crippen LogP contribution in [0.2, 0.25) is 0 Å². The predicted molar refractivity (Wildman–Crippen MR) is 48.5 cm³/mol. The molecule has 5 N–H and O–H groups in total. The Morgan fingerprint density at radius 1 is 1.62 bits per heavy atom. The third-order valence-corrected chi connectivity index (χ3v) is 2.22. The summed E-state index contributed by atoms with van der Waals surface area (Å²) in [5, 5.41) is 8.72. The van der Waals surface area contributed by atoms with Crippen molar-refractivity contribution in [3.63, 3.8) is 0 Å². The number of halogens is 1. The molecule has 7 heteroatoms. The lowest BCUT2D eigenvalue weighted by molar-refractivity contribution is -0.138. The fourth-order valence-corrected chi connectivity index (χ4v) is 1.51. The molecule has 0 amide bonds. The molecule has 0 radical (unpaired) electrons. The van der Waals surface area contributed by atoms with Crippen molar-refractivity contribution in [3.8, 4) is 0 Å². The summed E-state index contributed by atoms with van der Waals surface area (Å²) in [7, 11) is 0. The van der Waals surface area contributed by atoms with Gasteiger partial charge in [0.15, 0.2) is 0 Å². The number of carboxylic acid groups (broad SMARTS) is 1. The van der Waals surface area contributed by atoms with E-state index in [1.54, 1.807) is 0 Å². The molecule has 0 aliphatic heterocycles. The Kier molecular flexibility index (Phi) is 2.89. The molecule has 13 heavy (non-hydrogen) atoms. The van der Waals surface area contributed by atoms with Gasteiger partial charge >= 0.3 is 11.7 Å². The summed E-state index contributed by atoms with van der Waals surface area (Å²) >= 11 is 3.02. The molecule has 0 bridgehead atoms. The van der Waals surface area contributed by atoms with Crippen LogP contribution in [0, 0.1) is 0 Å². The van der Waals surface area contributed by atoms with Gasteiger partial charge in [0.2, 0.25) is 0 Å². The third-order valence-electron chi connectivity index (χ3n) is 1.59. The highest BCUT2D eigenvalue weighted by atomic mass is 79.9. The maximum Gasteiger partial charge on any atom is 0.323 e. The molecular formula is C6H8BrN3O3. The molecule has 0 aliphatic rings. The summed E-state index contributed by atoms with van der Waals surface area (Å²) in [6.45, 7) is -0.0677. The Labute approximate surface area is 81.3 Å². The van der Waals surface area contributed by atoms with Gasteiger partial charge < -0.3 is 20.8 Å². The number of hydrogen-bond donors (Lipinski definition) is 4. The molecule has 0 aromatic carbocycles. The second-order valence-corrected chi connectivity index (χ2v) is 3.23. The number of aromatic amines is 2. The van der Waals surface area contributed by atoms with Gasteiger partial charge in [-0.15, -0.1) is 0 Å². The summed E-state index contributed by atoms with van der Waals surface area (Å²) in [4.78, 5) is 26.2. The van der Waals surface area contributed by atoms with Gasteiger partial charge in [0.1, 0.15) is 10.5 Å². The average molecular weight is 250 g/mol. The predicted octanol–water partition coefficient (Wildman–Crippen LogP) is -0.408. The van der Waals surface area contributed by atoms with E-state index < -0.39 is 17.6 Å². The molecule has 1 unspecified atom stereocenters. The van der Waals surface area contributed by atoms with Gasteiger partial charge in [0, 0.05) is 6.54 Å². The maximum atomic E-state index is 10.8.